The van der Waals surface area contributed by atoms with Crippen molar-refractivity contribution in [2.75, 3.05) is 26.6 Å². The molecule has 0 heterocycles. The third-order valence-electron chi connectivity index (χ3n) is 4.06. The minimum atomic E-state index is -3.99. The highest BCUT2D eigenvalue weighted by Gasteiger charge is 2.39. The number of Topliss-reactive ketones (excluding diaryl/α,β-unsaturated/α-hetero) is 2. The molecule has 0 radical (unpaired) electrons. The molecule has 0 spiro atoms. The highest BCUT2D eigenvalue weighted by molar-refractivity contribution is 7.87. The van der Waals surface area contributed by atoms with E-state index in [2.05, 4.69) is 14.2 Å². The number of ketones is 2. The molecule has 0 aromatic heterocycles. The predicted octanol–water partition coefficient (Wildman–Crippen LogP) is 4.36. The number of methoxy groups -OCH3 is 2. The molecule has 0 aliphatic rings. The summed E-state index contributed by atoms with van der Waals surface area (Å²) in [6.45, 7) is 5.75. The van der Waals surface area contributed by atoms with Crippen molar-refractivity contribution in [3.05, 3.63) is 24.3 Å². The van der Waals surface area contributed by atoms with Crippen molar-refractivity contribution >= 4 is 33.3 Å². The summed E-state index contributed by atoms with van der Waals surface area (Å²) in [5, 5.41) is 2.38. The topological polar surface area (TPSA) is 125 Å². The van der Waals surface area contributed by atoms with E-state index in [0.29, 0.717) is 0 Å². The van der Waals surface area contributed by atoms with Gasteiger partial charge in [0.25, 0.3) is 16.0 Å². The Morgan fingerprint density at radius 3 is 1.78 bits per heavy atom. The molecule has 1 rings (SSSR count). The van der Waals surface area contributed by atoms with Crippen molar-refractivity contribution in [2.45, 2.75) is 74.0 Å². The lowest BCUT2D eigenvalue weighted by Crippen LogP contribution is -2.47. The van der Waals surface area contributed by atoms with Crippen LogP contribution in [0.2, 0.25) is 0 Å². The molecule has 0 bridgehead atoms. The molecular formula is C22H45NO8S. The molecule has 0 aliphatic heterocycles. The number of para-hydroxylation sites is 1. The van der Waals surface area contributed by atoms with Gasteiger partial charge in [0, 0.05) is 15.6 Å². The largest absolute Gasteiger partial charge is 0.374 e. The molecular weight excluding hydrogens is 438 g/mol. The smallest absolute Gasteiger partial charge is 0.298 e. The molecule has 9 nitrogen and oxygen atoms in total. The summed E-state index contributed by atoms with van der Waals surface area (Å²) < 4.78 is 37.6. The Balaban J connectivity index is -0.000000134. The Bertz CT molecular complexity index is 814. The number of carbonyl (C=O) groups is 3. The van der Waals surface area contributed by atoms with E-state index in [1.807, 2.05) is 0 Å². The lowest BCUT2D eigenvalue weighted by atomic mass is 10.0. The molecule has 2 unspecified atom stereocenters. The molecule has 1 amide bonds. The average Bonchev–Trinajstić information content (AvgIpc) is 2.66. The number of benzene rings is 1. The van der Waals surface area contributed by atoms with Gasteiger partial charge in [-0.25, -0.2) is 0 Å². The van der Waals surface area contributed by atoms with Crippen LogP contribution in [0.3, 0.4) is 0 Å². The fraction of sp³-hybridized carbons (Fsp3) is 0.591. The highest BCUT2D eigenvalue weighted by Crippen LogP contribution is 2.24. The zero-order valence-electron chi connectivity index (χ0n) is 17.1. The van der Waals surface area contributed by atoms with E-state index in [-0.39, 0.29) is 53.6 Å². The van der Waals surface area contributed by atoms with E-state index >= 15 is 0 Å². The number of ether oxygens (including phenoxy) is 2. The Kier molecular flexibility index (Phi) is 21.9. The van der Waals surface area contributed by atoms with E-state index < -0.39 is 27.4 Å². The van der Waals surface area contributed by atoms with Crippen LogP contribution < -0.4 is 5.32 Å². The van der Waals surface area contributed by atoms with Gasteiger partial charge in [-0.15, -0.1) is 0 Å². The van der Waals surface area contributed by atoms with E-state index in [4.69, 9.17) is 4.74 Å². The van der Waals surface area contributed by atoms with Gasteiger partial charge in [0.1, 0.15) is 11.0 Å². The van der Waals surface area contributed by atoms with Crippen molar-refractivity contribution in [1.29, 1.82) is 0 Å². The normalized spacial score (nSPS) is 12.3. The van der Waals surface area contributed by atoms with Crippen molar-refractivity contribution in [3.63, 3.8) is 0 Å². The number of amides is 1. The molecule has 0 fully saturated rings. The van der Waals surface area contributed by atoms with Gasteiger partial charge in [-0.05, 0) is 39.8 Å². The second-order valence-electron chi connectivity index (χ2n) is 5.85. The minimum Gasteiger partial charge on any atom is -0.374 e. The molecule has 2 atom stereocenters. The SMILES string of the molecule is C.C.C.C.COC(C)(C(C)=O)C(=O)Nc1ccccc1S(=O)(=O)OC.COC(C)C(C)=O.[HH]. The number of carbonyl (C=O) groups excluding carboxylic acids is 3. The van der Waals surface area contributed by atoms with Gasteiger partial charge in [-0.1, -0.05) is 41.8 Å². The van der Waals surface area contributed by atoms with Crippen molar-refractivity contribution in [2.24, 2.45) is 0 Å². The van der Waals surface area contributed by atoms with E-state index in [0.717, 1.165) is 7.11 Å². The van der Waals surface area contributed by atoms with Gasteiger partial charge >= 0.3 is 0 Å². The first-order valence-electron chi connectivity index (χ1n) is 8.17. The Morgan fingerprint density at radius 1 is 1.00 bits per heavy atom. The van der Waals surface area contributed by atoms with Crippen molar-refractivity contribution in [1.82, 2.24) is 0 Å². The molecule has 1 N–H and O–H groups in total. The Labute approximate surface area is 196 Å². The summed E-state index contributed by atoms with van der Waals surface area (Å²) >= 11 is 0. The van der Waals surface area contributed by atoms with Gasteiger partial charge in [-0.2, -0.15) is 8.42 Å². The zero-order valence-corrected chi connectivity index (χ0v) is 17.9. The second kappa shape index (κ2) is 17.4. The maximum atomic E-state index is 12.2. The molecule has 0 saturated heterocycles. The van der Waals surface area contributed by atoms with Crippen LogP contribution in [0.5, 0.6) is 0 Å². The van der Waals surface area contributed by atoms with Crippen molar-refractivity contribution < 1.29 is 37.9 Å². The van der Waals surface area contributed by atoms with Crippen LogP contribution in [0.25, 0.3) is 0 Å². The van der Waals surface area contributed by atoms with Crippen LogP contribution in [0, 0.1) is 0 Å². The first-order chi connectivity index (χ1) is 12.9. The first-order valence-corrected chi connectivity index (χ1v) is 9.58. The van der Waals surface area contributed by atoms with Gasteiger partial charge < -0.3 is 14.8 Å². The van der Waals surface area contributed by atoms with Crippen LogP contribution in [0.4, 0.5) is 5.69 Å². The third kappa shape index (κ3) is 10.9. The number of anilines is 1. The van der Waals surface area contributed by atoms with Gasteiger partial charge in [0.05, 0.1) is 12.8 Å². The fourth-order valence-corrected chi connectivity index (χ4v) is 2.49. The maximum absolute atomic E-state index is 12.2. The van der Waals surface area contributed by atoms with Crippen molar-refractivity contribution in [3.8, 4) is 0 Å². The summed E-state index contributed by atoms with van der Waals surface area (Å²) in [5.74, 6) is -1.20. The van der Waals surface area contributed by atoms with Crippen LogP contribution in [0.15, 0.2) is 29.2 Å². The molecule has 192 valence electrons. The summed E-state index contributed by atoms with van der Waals surface area (Å²) in [6.07, 6.45) is -0.236. The second-order valence-corrected chi connectivity index (χ2v) is 7.53. The fourth-order valence-electron chi connectivity index (χ4n) is 1.68. The van der Waals surface area contributed by atoms with Crippen LogP contribution >= 0.6 is 0 Å². The Hall–Kier alpha value is -2.14. The minimum absolute atomic E-state index is 0. The quantitative estimate of drug-likeness (QED) is 0.427. The summed E-state index contributed by atoms with van der Waals surface area (Å²) in [7, 11) is -0.230. The molecule has 1 aromatic carbocycles. The van der Waals surface area contributed by atoms with Gasteiger partial charge in [0.2, 0.25) is 5.60 Å². The average molecular weight is 484 g/mol. The lowest BCUT2D eigenvalue weighted by molar-refractivity contribution is -0.149. The Morgan fingerprint density at radius 2 is 1.47 bits per heavy atom. The van der Waals surface area contributed by atoms with E-state index in [1.165, 1.54) is 53.2 Å². The van der Waals surface area contributed by atoms with Crippen LogP contribution in [-0.4, -0.2) is 58.9 Å². The first kappa shape index (κ1) is 40.2. The zero-order chi connectivity index (χ0) is 22.1. The molecule has 32 heavy (non-hydrogen) atoms. The molecule has 0 aliphatic carbocycles. The lowest BCUT2D eigenvalue weighted by Gasteiger charge is -2.24. The number of hydrogen-bond acceptors (Lipinski definition) is 8. The number of nitrogens with one attached hydrogen (secondary N) is 1. The molecule has 1 aromatic rings. The van der Waals surface area contributed by atoms with E-state index in [9.17, 15) is 22.8 Å². The summed E-state index contributed by atoms with van der Waals surface area (Å²) in [6, 6.07) is 5.70. The third-order valence-corrected chi connectivity index (χ3v) is 5.40. The summed E-state index contributed by atoms with van der Waals surface area (Å²) in [4.78, 5) is 33.8. The monoisotopic (exact) mass is 483 g/mol. The molecule has 0 saturated carbocycles. The standard InChI is InChI=1S/C13H17NO6S.C5H10O2.4CH4.H2/c1-9(15)13(2,19-3)12(16)14-10-7-5-6-8-11(10)21(17,18)20-4;1-4(6)5(2)7-3;;;;;/h5-8H,1-4H3,(H,14,16);5H,1-3H3;4*1H4;1H. The highest BCUT2D eigenvalue weighted by atomic mass is 32.2. The molecule has 10 heteroatoms. The predicted molar refractivity (Wildman–Crippen MR) is 132 cm³/mol. The maximum Gasteiger partial charge on any atom is 0.298 e. The summed E-state index contributed by atoms with van der Waals surface area (Å²) in [5.41, 5.74) is -1.70. The van der Waals surface area contributed by atoms with E-state index in [1.54, 1.807) is 13.0 Å². The van der Waals surface area contributed by atoms with Gasteiger partial charge in [0.15, 0.2) is 11.6 Å². The number of hydrogen-bond donors (Lipinski definition) is 1. The number of rotatable bonds is 8. The van der Waals surface area contributed by atoms with Crippen LogP contribution in [0.1, 0.15) is 58.8 Å². The van der Waals surface area contributed by atoms with Gasteiger partial charge in [-0.3, -0.25) is 18.6 Å². The van der Waals surface area contributed by atoms with Crippen LogP contribution in [-0.2, 0) is 38.2 Å².